The first-order chi connectivity index (χ1) is 8.81. The number of benzene rings is 1. The van der Waals surface area contributed by atoms with E-state index in [9.17, 15) is 20.0 Å². The van der Waals surface area contributed by atoms with E-state index in [2.05, 4.69) is 5.32 Å². The maximum Gasteiger partial charge on any atom is 0.407 e. The average Bonchev–Trinajstić information content (AvgIpc) is 2.33. The number of alkyl carbamates (subject to hydrolysis) is 1. The monoisotopic (exact) mass is 302 g/mol. The summed E-state index contributed by atoms with van der Waals surface area (Å²) in [7, 11) is 0. The predicted molar refractivity (Wildman–Crippen MR) is 73.0 cm³/mol. The van der Waals surface area contributed by atoms with E-state index >= 15 is 0 Å². The Morgan fingerprint density at radius 3 is 2.75 bits per heavy atom. The topological polar surface area (TPSA) is 102 Å². The Bertz CT molecular complexity index is 547. The highest BCUT2D eigenvalue weighted by Gasteiger charge is 2.39. The number of halogens is 1. The van der Waals surface area contributed by atoms with Crippen molar-refractivity contribution in [3.63, 3.8) is 0 Å². The van der Waals surface area contributed by atoms with Gasteiger partial charge in [0.05, 0.1) is 11.0 Å². The van der Waals surface area contributed by atoms with Crippen molar-refractivity contribution >= 4 is 24.2 Å². The molecule has 0 radical (unpaired) electrons. The molecule has 1 aromatic rings. The van der Waals surface area contributed by atoms with E-state index in [1.807, 2.05) is 13.8 Å². The number of phenolic OH excluding ortho intramolecular Hbond substituents is 1. The zero-order valence-corrected chi connectivity index (χ0v) is 11.8. The quantitative estimate of drug-likeness (QED) is 0.645. The molecule has 1 aromatic carbocycles. The summed E-state index contributed by atoms with van der Waals surface area (Å²) in [6.45, 7) is 3.86. The van der Waals surface area contributed by atoms with Crippen LogP contribution in [0.1, 0.15) is 25.5 Å². The Morgan fingerprint density at radius 1 is 1.50 bits per heavy atom. The van der Waals surface area contributed by atoms with Crippen LogP contribution < -0.4 is 5.32 Å². The summed E-state index contributed by atoms with van der Waals surface area (Å²) < 4.78 is 4.90. The number of phenols is 1. The van der Waals surface area contributed by atoms with Crippen LogP contribution in [0.3, 0.4) is 0 Å². The number of hydrogen-bond donors (Lipinski definition) is 2. The molecule has 0 saturated carbocycles. The van der Waals surface area contributed by atoms with E-state index in [1.165, 1.54) is 18.2 Å². The number of nitro benzene ring substituents is 1. The van der Waals surface area contributed by atoms with E-state index in [4.69, 9.17) is 4.74 Å². The van der Waals surface area contributed by atoms with Gasteiger partial charge < -0.3 is 15.2 Å². The summed E-state index contributed by atoms with van der Waals surface area (Å²) in [5, 5.41) is 23.2. The Kier molecular flexibility index (Phi) is 4.44. The lowest BCUT2D eigenvalue weighted by molar-refractivity contribution is -0.385. The van der Waals surface area contributed by atoms with Gasteiger partial charge in [-0.05, 0) is 6.07 Å². The van der Waals surface area contributed by atoms with Gasteiger partial charge in [-0.1, -0.05) is 13.8 Å². The van der Waals surface area contributed by atoms with Gasteiger partial charge in [0.2, 0.25) is 0 Å². The highest BCUT2D eigenvalue weighted by atomic mass is 35.5. The van der Waals surface area contributed by atoms with E-state index in [0.29, 0.717) is 5.56 Å². The summed E-state index contributed by atoms with van der Waals surface area (Å²) >= 11 is 0. The summed E-state index contributed by atoms with van der Waals surface area (Å²) in [4.78, 5) is 21.6. The molecule has 8 heteroatoms. The van der Waals surface area contributed by atoms with Crippen molar-refractivity contribution in [2.45, 2.75) is 19.9 Å². The van der Waals surface area contributed by atoms with Crippen LogP contribution in [-0.4, -0.2) is 22.7 Å². The molecule has 20 heavy (non-hydrogen) atoms. The molecule has 110 valence electrons. The number of nitrogens with zero attached hydrogens (tertiary/aromatic N) is 1. The average molecular weight is 303 g/mol. The molecule has 2 rings (SSSR count). The standard InChI is InChI=1S/C12H14N2O5.ClH/c1-12(2)6-19-11(16)13-10(12)8-5-7(14(17)18)3-4-9(8)15;/h3-5,10,15H,6H2,1-2H3,(H,13,16);1H/t10-;/m0./s1. The number of carbonyl (C=O) groups is 1. The molecule has 0 unspecified atom stereocenters. The molecule has 0 aliphatic carbocycles. The number of carbonyl (C=O) groups excluding carboxylic acids is 1. The second-order valence-corrected chi connectivity index (χ2v) is 5.14. The fraction of sp³-hybridized carbons (Fsp3) is 0.417. The van der Waals surface area contributed by atoms with Gasteiger partial charge in [0, 0.05) is 23.1 Å². The van der Waals surface area contributed by atoms with Crippen molar-refractivity contribution in [3.8, 4) is 5.75 Å². The van der Waals surface area contributed by atoms with Gasteiger partial charge in [-0.3, -0.25) is 10.1 Å². The number of rotatable bonds is 2. The number of hydrogen-bond acceptors (Lipinski definition) is 5. The molecule has 1 aliphatic rings. The van der Waals surface area contributed by atoms with Crippen molar-refractivity contribution in [3.05, 3.63) is 33.9 Å². The summed E-state index contributed by atoms with van der Waals surface area (Å²) in [6.07, 6.45) is -0.602. The highest BCUT2D eigenvalue weighted by molar-refractivity contribution is 5.85. The Balaban J connectivity index is 0.00000200. The maximum absolute atomic E-state index is 11.3. The third-order valence-corrected chi connectivity index (χ3v) is 3.15. The van der Waals surface area contributed by atoms with E-state index < -0.39 is 22.5 Å². The third kappa shape index (κ3) is 2.93. The number of aromatic hydroxyl groups is 1. The van der Waals surface area contributed by atoms with Gasteiger partial charge >= 0.3 is 6.09 Å². The zero-order valence-electron chi connectivity index (χ0n) is 11.0. The van der Waals surface area contributed by atoms with Crippen LogP contribution in [0.4, 0.5) is 10.5 Å². The van der Waals surface area contributed by atoms with Crippen LogP contribution in [0.25, 0.3) is 0 Å². The Hall–Kier alpha value is -2.02. The first-order valence-electron chi connectivity index (χ1n) is 5.72. The number of amides is 1. The number of non-ortho nitro benzene ring substituents is 1. The molecule has 2 N–H and O–H groups in total. The molecule has 1 heterocycles. The smallest absolute Gasteiger partial charge is 0.407 e. The van der Waals surface area contributed by atoms with Gasteiger partial charge in [0.15, 0.2) is 0 Å². The van der Waals surface area contributed by atoms with Crippen LogP contribution in [0.5, 0.6) is 5.75 Å². The minimum atomic E-state index is -0.602. The lowest BCUT2D eigenvalue weighted by Gasteiger charge is -2.38. The fourth-order valence-electron chi connectivity index (χ4n) is 2.08. The van der Waals surface area contributed by atoms with Crippen LogP contribution in [0.2, 0.25) is 0 Å². The van der Waals surface area contributed by atoms with E-state index in [1.54, 1.807) is 0 Å². The molecule has 1 saturated heterocycles. The Morgan fingerprint density at radius 2 is 2.15 bits per heavy atom. The van der Waals surface area contributed by atoms with Gasteiger partial charge in [0.25, 0.3) is 5.69 Å². The lowest BCUT2D eigenvalue weighted by Crippen LogP contribution is -2.46. The Labute approximate surface area is 121 Å². The van der Waals surface area contributed by atoms with Gasteiger partial charge in [-0.2, -0.15) is 0 Å². The summed E-state index contributed by atoms with van der Waals surface area (Å²) in [5.41, 5.74) is -0.305. The van der Waals surface area contributed by atoms with Crippen LogP contribution in [0, 0.1) is 15.5 Å². The van der Waals surface area contributed by atoms with E-state index in [-0.39, 0.29) is 30.5 Å². The second-order valence-electron chi connectivity index (χ2n) is 5.14. The summed E-state index contributed by atoms with van der Waals surface area (Å²) in [5.74, 6) is -0.0918. The predicted octanol–water partition coefficient (Wildman–Crippen LogP) is 2.53. The molecule has 7 nitrogen and oxygen atoms in total. The minimum absolute atomic E-state index is 0. The molecule has 1 amide bonds. The number of cyclic esters (lactones) is 1. The molecule has 1 fully saturated rings. The maximum atomic E-state index is 11.3. The molecule has 1 atom stereocenters. The van der Waals surface area contributed by atoms with Crippen molar-refractivity contribution in [1.82, 2.24) is 5.32 Å². The highest BCUT2D eigenvalue weighted by Crippen LogP contribution is 2.41. The molecule has 0 bridgehead atoms. The number of ether oxygens (including phenoxy) is 1. The number of nitro groups is 1. The van der Waals surface area contributed by atoms with Crippen LogP contribution in [0.15, 0.2) is 18.2 Å². The normalized spacial score (nSPS) is 20.3. The molecular formula is C12H15ClN2O5. The van der Waals surface area contributed by atoms with Crippen molar-refractivity contribution in [2.75, 3.05) is 6.61 Å². The zero-order chi connectivity index (χ0) is 14.2. The second kappa shape index (κ2) is 5.54. The van der Waals surface area contributed by atoms with Crippen molar-refractivity contribution in [1.29, 1.82) is 0 Å². The van der Waals surface area contributed by atoms with Crippen LogP contribution in [-0.2, 0) is 4.74 Å². The first-order valence-corrected chi connectivity index (χ1v) is 5.72. The minimum Gasteiger partial charge on any atom is -0.508 e. The van der Waals surface area contributed by atoms with Crippen LogP contribution >= 0.6 is 12.4 Å². The number of nitrogens with one attached hydrogen (secondary N) is 1. The van der Waals surface area contributed by atoms with E-state index in [0.717, 1.165) is 0 Å². The van der Waals surface area contributed by atoms with Gasteiger partial charge in [-0.15, -0.1) is 12.4 Å². The molecule has 0 aromatic heterocycles. The van der Waals surface area contributed by atoms with Gasteiger partial charge in [0.1, 0.15) is 12.4 Å². The third-order valence-electron chi connectivity index (χ3n) is 3.15. The fourth-order valence-corrected chi connectivity index (χ4v) is 2.08. The van der Waals surface area contributed by atoms with Gasteiger partial charge in [-0.25, -0.2) is 4.79 Å². The SMILES string of the molecule is CC1(C)COC(=O)N[C@H]1c1cc([N+](=O)[O-])ccc1O.Cl. The molecule has 0 spiro atoms. The first kappa shape index (κ1) is 16.0. The molecule has 1 aliphatic heterocycles. The van der Waals surface area contributed by atoms with Crippen molar-refractivity contribution < 1.29 is 19.6 Å². The molecular weight excluding hydrogens is 288 g/mol. The lowest BCUT2D eigenvalue weighted by atomic mass is 9.80. The van der Waals surface area contributed by atoms with Crippen molar-refractivity contribution in [2.24, 2.45) is 5.41 Å². The largest absolute Gasteiger partial charge is 0.508 e. The summed E-state index contributed by atoms with van der Waals surface area (Å²) in [6, 6.07) is 3.19.